The molecule has 0 saturated carbocycles. The fraction of sp³-hybridized carbons (Fsp3) is 0.250. The summed E-state index contributed by atoms with van der Waals surface area (Å²) in [6, 6.07) is 10.0. The number of nitrogens with zero attached hydrogens (tertiary/aromatic N) is 2. The van der Waals surface area contributed by atoms with Crippen molar-refractivity contribution >= 4 is 33.2 Å². The molecule has 0 aliphatic rings. The Bertz CT molecular complexity index is 754. The Morgan fingerprint density at radius 2 is 1.75 bits per heavy atom. The molecule has 0 atom stereocenters. The van der Waals surface area contributed by atoms with Crippen molar-refractivity contribution in [3.05, 3.63) is 47.4 Å². The van der Waals surface area contributed by atoms with E-state index in [0.29, 0.717) is 0 Å². The van der Waals surface area contributed by atoms with Gasteiger partial charge in [0.05, 0.1) is 15.9 Å². The second-order valence-corrected chi connectivity index (χ2v) is 7.29. The Labute approximate surface area is 127 Å². The van der Waals surface area contributed by atoms with Gasteiger partial charge in [-0.05, 0) is 23.8 Å². The molecule has 0 N–H and O–H groups in total. The highest BCUT2D eigenvalue weighted by Crippen LogP contribution is 2.37. The van der Waals surface area contributed by atoms with Gasteiger partial charge in [-0.1, -0.05) is 44.5 Å². The van der Waals surface area contributed by atoms with Crippen molar-refractivity contribution in [2.75, 3.05) is 0 Å². The summed E-state index contributed by atoms with van der Waals surface area (Å²) in [7, 11) is 0. The lowest BCUT2D eigenvalue weighted by Gasteiger charge is -2.17. The van der Waals surface area contributed by atoms with Gasteiger partial charge in [0.25, 0.3) is 0 Å². The van der Waals surface area contributed by atoms with E-state index in [2.05, 4.69) is 36.8 Å². The number of aromatic nitrogens is 2. The third kappa shape index (κ3) is 2.43. The lowest BCUT2D eigenvalue weighted by molar-refractivity contribution is 0.575. The molecule has 2 aromatic heterocycles. The van der Waals surface area contributed by atoms with Crippen molar-refractivity contribution in [3.63, 3.8) is 0 Å². The zero-order valence-electron chi connectivity index (χ0n) is 11.6. The highest BCUT2D eigenvalue weighted by Gasteiger charge is 2.20. The van der Waals surface area contributed by atoms with Crippen LogP contribution in [0.25, 0.3) is 20.7 Å². The van der Waals surface area contributed by atoms with Crippen molar-refractivity contribution in [2.45, 2.75) is 26.2 Å². The number of hydrogen-bond acceptors (Lipinski definition) is 3. The molecule has 0 aliphatic carbocycles. The molecule has 1 aromatic carbocycles. The fourth-order valence-electron chi connectivity index (χ4n) is 2.15. The Morgan fingerprint density at radius 3 is 2.40 bits per heavy atom. The largest absolute Gasteiger partial charge is 0.239 e. The maximum Gasteiger partial charge on any atom is 0.116 e. The van der Waals surface area contributed by atoms with E-state index < -0.39 is 0 Å². The van der Waals surface area contributed by atoms with Gasteiger partial charge in [0.1, 0.15) is 6.33 Å². The monoisotopic (exact) mass is 302 g/mol. The van der Waals surface area contributed by atoms with Crippen molar-refractivity contribution in [1.29, 1.82) is 0 Å². The Morgan fingerprint density at radius 1 is 1.05 bits per heavy atom. The quantitative estimate of drug-likeness (QED) is 0.609. The average molecular weight is 303 g/mol. The minimum atomic E-state index is 0.0172. The van der Waals surface area contributed by atoms with E-state index in [4.69, 9.17) is 11.6 Å². The maximum absolute atomic E-state index is 5.94. The van der Waals surface area contributed by atoms with Crippen molar-refractivity contribution in [1.82, 2.24) is 9.97 Å². The number of benzene rings is 1. The molecular weight excluding hydrogens is 288 g/mol. The molecule has 4 heteroatoms. The lowest BCUT2D eigenvalue weighted by Crippen LogP contribution is -2.13. The van der Waals surface area contributed by atoms with Gasteiger partial charge in [-0.3, -0.25) is 0 Å². The van der Waals surface area contributed by atoms with Crippen LogP contribution in [0.4, 0.5) is 0 Å². The molecule has 3 rings (SSSR count). The van der Waals surface area contributed by atoms with Crippen LogP contribution in [0.5, 0.6) is 0 Å². The summed E-state index contributed by atoms with van der Waals surface area (Å²) in [6.45, 7) is 6.53. The molecule has 0 bridgehead atoms. The normalized spacial score (nSPS) is 12.0. The number of rotatable bonds is 1. The topological polar surface area (TPSA) is 25.8 Å². The van der Waals surface area contributed by atoms with E-state index >= 15 is 0 Å². The van der Waals surface area contributed by atoms with Gasteiger partial charge in [0.2, 0.25) is 0 Å². The van der Waals surface area contributed by atoms with E-state index in [-0.39, 0.29) is 5.41 Å². The van der Waals surface area contributed by atoms with Crippen LogP contribution in [0.2, 0.25) is 5.02 Å². The number of fused-ring (bicyclic) bond motifs is 1. The summed E-state index contributed by atoms with van der Waals surface area (Å²) in [5.74, 6) is 0. The van der Waals surface area contributed by atoms with Crippen LogP contribution < -0.4 is 0 Å². The smallest absolute Gasteiger partial charge is 0.116 e. The maximum atomic E-state index is 5.94. The zero-order chi connectivity index (χ0) is 14.3. The first-order valence-corrected chi connectivity index (χ1v) is 7.65. The third-order valence-corrected chi connectivity index (χ3v) is 4.58. The summed E-state index contributed by atoms with van der Waals surface area (Å²) < 4.78 is 1.17. The standard InChI is InChI=1S/C16H15ClN2S/c1-16(2,3)15-14-12(18-9-19-15)8-13(20-14)10-4-6-11(17)7-5-10/h4-9H,1-3H3. The molecule has 0 fully saturated rings. The molecule has 2 nitrogen and oxygen atoms in total. The van der Waals surface area contributed by atoms with Gasteiger partial charge in [-0.2, -0.15) is 0 Å². The molecule has 2 heterocycles. The second kappa shape index (κ2) is 4.83. The van der Waals surface area contributed by atoms with Crippen molar-refractivity contribution in [3.8, 4) is 10.4 Å². The van der Waals surface area contributed by atoms with Crippen LogP contribution in [0.15, 0.2) is 36.7 Å². The molecule has 0 spiro atoms. The van der Waals surface area contributed by atoms with Crippen LogP contribution >= 0.6 is 22.9 Å². The Balaban J connectivity index is 2.18. The van der Waals surface area contributed by atoms with Gasteiger partial charge in [0.15, 0.2) is 0 Å². The summed E-state index contributed by atoms with van der Waals surface area (Å²) in [5, 5.41) is 0.755. The van der Waals surface area contributed by atoms with Crippen LogP contribution in [-0.4, -0.2) is 9.97 Å². The summed E-state index contributed by atoms with van der Waals surface area (Å²) in [5.41, 5.74) is 3.30. The van der Waals surface area contributed by atoms with E-state index in [9.17, 15) is 0 Å². The van der Waals surface area contributed by atoms with Gasteiger partial charge < -0.3 is 0 Å². The van der Waals surface area contributed by atoms with Gasteiger partial charge in [-0.15, -0.1) is 11.3 Å². The Hall–Kier alpha value is -1.45. The van der Waals surface area contributed by atoms with E-state index in [1.165, 1.54) is 9.58 Å². The molecule has 0 radical (unpaired) electrons. The summed E-state index contributed by atoms with van der Waals surface area (Å²) >= 11 is 7.69. The van der Waals surface area contributed by atoms with E-state index in [1.54, 1.807) is 17.7 Å². The molecule has 102 valence electrons. The van der Waals surface area contributed by atoms with Crippen LogP contribution in [0.3, 0.4) is 0 Å². The van der Waals surface area contributed by atoms with Crippen LogP contribution in [0, 0.1) is 0 Å². The van der Waals surface area contributed by atoms with Gasteiger partial charge >= 0.3 is 0 Å². The second-order valence-electron chi connectivity index (χ2n) is 5.80. The molecule has 0 unspecified atom stereocenters. The minimum absolute atomic E-state index is 0.0172. The predicted octanol–water partition coefficient (Wildman–Crippen LogP) is 5.31. The van der Waals surface area contributed by atoms with E-state index in [0.717, 1.165) is 21.8 Å². The van der Waals surface area contributed by atoms with Crippen molar-refractivity contribution in [2.24, 2.45) is 0 Å². The molecule has 0 aliphatic heterocycles. The van der Waals surface area contributed by atoms with E-state index in [1.807, 2.05) is 24.3 Å². The third-order valence-electron chi connectivity index (χ3n) is 3.15. The first-order chi connectivity index (χ1) is 9.45. The lowest BCUT2D eigenvalue weighted by atomic mass is 9.92. The summed E-state index contributed by atoms with van der Waals surface area (Å²) in [4.78, 5) is 10.1. The number of halogens is 1. The van der Waals surface area contributed by atoms with Crippen LogP contribution in [-0.2, 0) is 5.41 Å². The minimum Gasteiger partial charge on any atom is -0.239 e. The highest BCUT2D eigenvalue weighted by molar-refractivity contribution is 7.22. The Kier molecular flexibility index (Phi) is 3.27. The van der Waals surface area contributed by atoms with Gasteiger partial charge in [0, 0.05) is 15.3 Å². The predicted molar refractivity (Wildman–Crippen MR) is 86.6 cm³/mol. The molecular formula is C16H15ClN2S. The molecule has 0 amide bonds. The fourth-order valence-corrected chi connectivity index (χ4v) is 3.59. The SMILES string of the molecule is CC(C)(C)c1ncnc2cc(-c3ccc(Cl)cc3)sc12. The van der Waals surface area contributed by atoms with Crippen LogP contribution in [0.1, 0.15) is 26.5 Å². The van der Waals surface area contributed by atoms with Gasteiger partial charge in [-0.25, -0.2) is 9.97 Å². The average Bonchev–Trinajstić information content (AvgIpc) is 2.81. The number of hydrogen-bond donors (Lipinski definition) is 0. The number of thiophene rings is 1. The molecule has 3 aromatic rings. The molecule has 0 saturated heterocycles. The summed E-state index contributed by atoms with van der Waals surface area (Å²) in [6.07, 6.45) is 1.65. The first-order valence-electron chi connectivity index (χ1n) is 6.46. The molecule has 20 heavy (non-hydrogen) atoms. The zero-order valence-corrected chi connectivity index (χ0v) is 13.2. The first kappa shape index (κ1) is 13.5. The van der Waals surface area contributed by atoms with Crippen molar-refractivity contribution < 1.29 is 0 Å². The highest BCUT2D eigenvalue weighted by atomic mass is 35.5.